The van der Waals surface area contributed by atoms with Gasteiger partial charge in [0.1, 0.15) is 0 Å². The van der Waals surface area contributed by atoms with Gasteiger partial charge in [-0.25, -0.2) is 0 Å². The lowest BCUT2D eigenvalue weighted by molar-refractivity contribution is -0.133. The predicted octanol–water partition coefficient (Wildman–Crippen LogP) is 1.95. The van der Waals surface area contributed by atoms with Crippen LogP contribution in [0.2, 0.25) is 0 Å². The molecule has 2 heterocycles. The molecule has 8 heteroatoms. The first-order valence-corrected chi connectivity index (χ1v) is 10.6. The number of nitrogens with zero attached hydrogens (tertiary/aromatic N) is 4. The molecular weight excluding hydrogens is 461 g/mol. The summed E-state index contributed by atoms with van der Waals surface area (Å²) in [6.07, 6.45) is 4.38. The maximum absolute atomic E-state index is 12.2. The second-order valence-electron chi connectivity index (χ2n) is 7.10. The molecular formula is C18H36IN5OS. The Morgan fingerprint density at radius 1 is 1.35 bits per heavy atom. The Kier molecular flexibility index (Phi) is 11.2. The topological polar surface area (TPSA) is 51.2 Å². The van der Waals surface area contributed by atoms with Gasteiger partial charge in [-0.1, -0.05) is 6.92 Å². The third-order valence-electron chi connectivity index (χ3n) is 5.10. The van der Waals surface area contributed by atoms with E-state index in [-0.39, 0.29) is 35.9 Å². The number of aliphatic imine (C=N–C) groups is 1. The summed E-state index contributed by atoms with van der Waals surface area (Å²) >= 11 is 2.08. The third kappa shape index (κ3) is 6.74. The van der Waals surface area contributed by atoms with Gasteiger partial charge in [-0.3, -0.25) is 14.7 Å². The van der Waals surface area contributed by atoms with E-state index in [9.17, 15) is 4.79 Å². The van der Waals surface area contributed by atoms with Gasteiger partial charge in [-0.15, -0.1) is 24.0 Å². The number of rotatable bonds is 6. The van der Waals surface area contributed by atoms with Crippen LogP contribution in [-0.4, -0.2) is 97.5 Å². The summed E-state index contributed by atoms with van der Waals surface area (Å²) in [6, 6.07) is 0.0822. The number of thioether (sulfide) groups is 1. The Morgan fingerprint density at radius 2 is 2.12 bits per heavy atom. The molecule has 152 valence electrons. The molecule has 0 radical (unpaired) electrons. The Bertz CT molecular complexity index is 463. The molecule has 2 aliphatic rings. The zero-order valence-corrected chi connectivity index (χ0v) is 19.9. The second-order valence-corrected chi connectivity index (χ2v) is 8.51. The molecule has 0 aliphatic carbocycles. The molecule has 2 rings (SSSR count). The SMILES string of the molecule is CCC1CN(C(=NC)NCCCN2CCCC2C(=O)N(C)C)CCS1.I. The molecule has 1 N–H and O–H groups in total. The molecule has 0 spiro atoms. The highest BCUT2D eigenvalue weighted by molar-refractivity contribution is 14.0. The van der Waals surface area contributed by atoms with Crippen molar-refractivity contribution in [1.29, 1.82) is 0 Å². The molecule has 2 atom stereocenters. The van der Waals surface area contributed by atoms with Gasteiger partial charge in [0.25, 0.3) is 0 Å². The number of carbonyl (C=O) groups is 1. The van der Waals surface area contributed by atoms with E-state index in [1.54, 1.807) is 4.90 Å². The molecule has 1 amide bonds. The fraction of sp³-hybridized carbons (Fsp3) is 0.889. The highest BCUT2D eigenvalue weighted by Crippen LogP contribution is 2.21. The number of hydrogen-bond acceptors (Lipinski definition) is 4. The number of likely N-dealkylation sites (tertiary alicyclic amines) is 1. The van der Waals surface area contributed by atoms with Crippen LogP contribution in [0.25, 0.3) is 0 Å². The van der Waals surface area contributed by atoms with Gasteiger partial charge in [0.15, 0.2) is 5.96 Å². The van der Waals surface area contributed by atoms with E-state index < -0.39 is 0 Å². The molecule has 2 saturated heterocycles. The van der Waals surface area contributed by atoms with Gasteiger partial charge < -0.3 is 15.1 Å². The van der Waals surface area contributed by atoms with Crippen molar-refractivity contribution in [2.45, 2.75) is 43.9 Å². The highest BCUT2D eigenvalue weighted by Gasteiger charge is 2.31. The van der Waals surface area contributed by atoms with Crippen LogP contribution < -0.4 is 5.32 Å². The van der Waals surface area contributed by atoms with Gasteiger partial charge in [0, 0.05) is 58.3 Å². The summed E-state index contributed by atoms with van der Waals surface area (Å²) in [6.45, 7) is 7.35. The molecule has 26 heavy (non-hydrogen) atoms. The van der Waals surface area contributed by atoms with Crippen LogP contribution in [0.15, 0.2) is 4.99 Å². The average Bonchev–Trinajstić information content (AvgIpc) is 3.09. The van der Waals surface area contributed by atoms with Crippen molar-refractivity contribution in [3.05, 3.63) is 0 Å². The Labute approximate surface area is 180 Å². The lowest BCUT2D eigenvalue weighted by Gasteiger charge is -2.34. The van der Waals surface area contributed by atoms with Crippen LogP contribution in [0.1, 0.15) is 32.6 Å². The van der Waals surface area contributed by atoms with Gasteiger partial charge in [0.05, 0.1) is 6.04 Å². The van der Waals surface area contributed by atoms with Gasteiger partial charge in [-0.05, 0) is 32.2 Å². The van der Waals surface area contributed by atoms with Crippen molar-refractivity contribution in [3.63, 3.8) is 0 Å². The van der Waals surface area contributed by atoms with E-state index >= 15 is 0 Å². The summed E-state index contributed by atoms with van der Waals surface area (Å²) in [7, 11) is 5.58. The minimum absolute atomic E-state index is 0. The predicted molar refractivity (Wildman–Crippen MR) is 123 cm³/mol. The largest absolute Gasteiger partial charge is 0.356 e. The minimum Gasteiger partial charge on any atom is -0.356 e. The molecule has 0 bridgehead atoms. The van der Waals surface area contributed by atoms with Crippen LogP contribution in [0, 0.1) is 0 Å². The first kappa shape index (κ1) is 23.8. The molecule has 6 nitrogen and oxygen atoms in total. The molecule has 2 unspecified atom stereocenters. The molecule has 0 saturated carbocycles. The van der Waals surface area contributed by atoms with Crippen molar-refractivity contribution >= 4 is 47.6 Å². The van der Waals surface area contributed by atoms with E-state index in [1.165, 1.54) is 12.2 Å². The van der Waals surface area contributed by atoms with Gasteiger partial charge in [0.2, 0.25) is 5.91 Å². The average molecular weight is 497 g/mol. The first-order valence-electron chi connectivity index (χ1n) is 9.59. The van der Waals surface area contributed by atoms with Crippen molar-refractivity contribution < 1.29 is 4.79 Å². The van der Waals surface area contributed by atoms with E-state index in [0.717, 1.165) is 63.2 Å². The van der Waals surface area contributed by atoms with Crippen molar-refractivity contribution in [3.8, 4) is 0 Å². The zero-order chi connectivity index (χ0) is 18.2. The van der Waals surface area contributed by atoms with Crippen molar-refractivity contribution in [2.75, 3.05) is 59.6 Å². The van der Waals surface area contributed by atoms with Crippen LogP contribution in [0.5, 0.6) is 0 Å². The normalized spacial score (nSPS) is 24.3. The molecule has 2 fully saturated rings. The highest BCUT2D eigenvalue weighted by atomic mass is 127. The number of nitrogens with one attached hydrogen (secondary N) is 1. The smallest absolute Gasteiger partial charge is 0.239 e. The van der Waals surface area contributed by atoms with E-state index in [2.05, 4.69) is 38.8 Å². The van der Waals surface area contributed by atoms with E-state index in [1.807, 2.05) is 21.1 Å². The Hall–Kier alpha value is -0.220. The molecule has 0 aromatic carbocycles. The summed E-state index contributed by atoms with van der Waals surface area (Å²) in [4.78, 5) is 23.2. The maximum Gasteiger partial charge on any atom is 0.239 e. The summed E-state index contributed by atoms with van der Waals surface area (Å²) in [5.41, 5.74) is 0. The number of hydrogen-bond donors (Lipinski definition) is 1. The van der Waals surface area contributed by atoms with Crippen molar-refractivity contribution in [2.24, 2.45) is 4.99 Å². The number of amides is 1. The monoisotopic (exact) mass is 497 g/mol. The summed E-state index contributed by atoms with van der Waals surface area (Å²) in [5.74, 6) is 2.46. The quantitative estimate of drug-likeness (QED) is 0.263. The van der Waals surface area contributed by atoms with E-state index in [0.29, 0.717) is 0 Å². The fourth-order valence-electron chi connectivity index (χ4n) is 3.64. The minimum atomic E-state index is 0. The van der Waals surface area contributed by atoms with Gasteiger partial charge >= 0.3 is 0 Å². The molecule has 0 aromatic heterocycles. The number of halogens is 1. The first-order chi connectivity index (χ1) is 12.1. The number of carbonyl (C=O) groups excluding carboxylic acids is 1. The van der Waals surface area contributed by atoms with Crippen LogP contribution in [0.4, 0.5) is 0 Å². The Balaban J connectivity index is 0.00000338. The zero-order valence-electron chi connectivity index (χ0n) is 16.7. The lowest BCUT2D eigenvalue weighted by atomic mass is 10.2. The van der Waals surface area contributed by atoms with E-state index in [4.69, 9.17) is 0 Å². The van der Waals surface area contributed by atoms with Crippen LogP contribution in [-0.2, 0) is 4.79 Å². The lowest BCUT2D eigenvalue weighted by Crippen LogP contribution is -2.48. The van der Waals surface area contributed by atoms with Crippen LogP contribution >= 0.6 is 35.7 Å². The fourth-order valence-corrected chi connectivity index (χ4v) is 4.82. The third-order valence-corrected chi connectivity index (χ3v) is 6.47. The molecule has 0 aromatic rings. The van der Waals surface area contributed by atoms with Gasteiger partial charge in [-0.2, -0.15) is 11.8 Å². The van der Waals surface area contributed by atoms with Crippen molar-refractivity contribution in [1.82, 2.24) is 20.0 Å². The Morgan fingerprint density at radius 3 is 2.77 bits per heavy atom. The number of likely N-dealkylation sites (N-methyl/N-ethyl adjacent to an activating group) is 1. The summed E-state index contributed by atoms with van der Waals surface area (Å²) < 4.78 is 0. The molecule has 2 aliphatic heterocycles. The summed E-state index contributed by atoms with van der Waals surface area (Å²) in [5, 5.41) is 4.24. The standard InChI is InChI=1S/C18H35N5OS.HI/c1-5-15-14-23(12-13-25-15)18(19-2)20-9-7-11-22-10-6-8-16(22)17(24)21(3)4;/h15-16H,5-14H2,1-4H3,(H,19,20);1H. The second kappa shape index (κ2) is 12.3. The maximum atomic E-state index is 12.2. The van der Waals surface area contributed by atoms with Crippen LogP contribution in [0.3, 0.4) is 0 Å². The number of guanidine groups is 1.